The van der Waals surface area contributed by atoms with Gasteiger partial charge in [0, 0.05) is 41.2 Å². The van der Waals surface area contributed by atoms with Gasteiger partial charge in [-0.15, -0.1) is 0 Å². The van der Waals surface area contributed by atoms with E-state index in [2.05, 4.69) is 10.6 Å². The third-order valence-corrected chi connectivity index (χ3v) is 9.87. The van der Waals surface area contributed by atoms with Gasteiger partial charge in [0.15, 0.2) is 0 Å². The maximum Gasteiger partial charge on any atom is 0.268 e. The van der Waals surface area contributed by atoms with Gasteiger partial charge in [0.2, 0.25) is 29.5 Å². The lowest BCUT2D eigenvalue weighted by Crippen LogP contribution is -2.60. The molecule has 0 spiro atoms. The number of nitrogens with one attached hydrogen (secondary N) is 2. The van der Waals surface area contributed by atoms with E-state index < -0.39 is 47.8 Å². The van der Waals surface area contributed by atoms with Crippen molar-refractivity contribution in [2.45, 2.75) is 132 Å². The molecule has 2 N–H and O–H groups in total. The van der Waals surface area contributed by atoms with Gasteiger partial charge in [-0.1, -0.05) is 74.3 Å². The third-order valence-electron chi connectivity index (χ3n) is 9.87. The average Bonchev–Trinajstić information content (AvgIpc) is 3.07. The first-order chi connectivity index (χ1) is 22.8. The molecule has 6 atom stereocenters. The summed E-state index contributed by atoms with van der Waals surface area (Å²) in [5.74, 6) is -2.61. The number of amides is 6. The van der Waals surface area contributed by atoms with Crippen molar-refractivity contribution in [2.24, 2.45) is 23.7 Å². The highest BCUT2D eigenvalue weighted by molar-refractivity contribution is 6.00. The average molecular weight is 691 g/mol. The number of hydrogen-bond donors (Lipinski definition) is 2. The Morgan fingerprint density at radius 3 is 1.73 bits per heavy atom. The van der Waals surface area contributed by atoms with Crippen LogP contribution < -0.4 is 10.6 Å². The Balaban J connectivity index is 3.30. The smallest absolute Gasteiger partial charge is 0.268 e. The summed E-state index contributed by atoms with van der Waals surface area (Å²) < 4.78 is 0. The molecule has 1 aliphatic heterocycles. The van der Waals surface area contributed by atoms with Crippen LogP contribution in [-0.2, 0) is 28.8 Å². The molecule has 1 aliphatic rings. The van der Waals surface area contributed by atoms with Crippen molar-refractivity contribution in [1.82, 2.24) is 30.2 Å². The predicted octanol–water partition coefficient (Wildman–Crippen LogP) is 3.80. The van der Waals surface area contributed by atoms with Crippen LogP contribution in [0.3, 0.4) is 0 Å². The zero-order valence-electron chi connectivity index (χ0n) is 32.6. The van der Waals surface area contributed by atoms with Gasteiger partial charge < -0.3 is 30.2 Å². The standard InChI is InChI=1S/C37H66N6O6/c1-14-25(7)31(38-33(45)29(21-23(3)4)41(12)28(10)44)36(48)40(11)27(9)35(47)42(13)30(22-24(5)6)34(46)39-32(26(8)15-2)37(49)43-19-17-16-18-20-43/h21,23-27,30-32H,14-20,22H2,1-13H3,(H,38,45)(H,39,46)/b29-21+/t25-,26-,27-,30-,31-,32-/m0/s1. The second kappa shape index (κ2) is 20.3. The van der Waals surface area contributed by atoms with Gasteiger partial charge in [-0.3, -0.25) is 28.8 Å². The Bertz CT molecular complexity index is 1180. The second-order valence-electron chi connectivity index (χ2n) is 14.7. The van der Waals surface area contributed by atoms with Crippen molar-refractivity contribution in [2.75, 3.05) is 34.2 Å². The largest absolute Gasteiger partial charge is 0.342 e. The van der Waals surface area contributed by atoms with Gasteiger partial charge in [-0.05, 0) is 56.3 Å². The fraction of sp³-hybridized carbons (Fsp3) is 0.784. The molecule has 0 aliphatic carbocycles. The highest BCUT2D eigenvalue weighted by atomic mass is 16.2. The van der Waals surface area contributed by atoms with Crippen LogP contribution in [0.5, 0.6) is 0 Å². The van der Waals surface area contributed by atoms with Gasteiger partial charge >= 0.3 is 0 Å². The first-order valence-electron chi connectivity index (χ1n) is 18.2. The van der Waals surface area contributed by atoms with Gasteiger partial charge in [0.1, 0.15) is 29.9 Å². The molecule has 0 radical (unpaired) electrons. The maximum atomic E-state index is 14.0. The van der Waals surface area contributed by atoms with Crippen LogP contribution >= 0.6 is 0 Å². The lowest BCUT2D eigenvalue weighted by atomic mass is 9.95. The van der Waals surface area contributed by atoms with Gasteiger partial charge in [0.25, 0.3) is 5.91 Å². The number of likely N-dealkylation sites (tertiary alicyclic amines) is 1. The quantitative estimate of drug-likeness (QED) is 0.223. The molecule has 12 nitrogen and oxygen atoms in total. The molecule has 0 aromatic carbocycles. The summed E-state index contributed by atoms with van der Waals surface area (Å²) in [6.45, 7) is 19.7. The zero-order chi connectivity index (χ0) is 37.7. The molecular formula is C37H66N6O6. The van der Waals surface area contributed by atoms with E-state index in [9.17, 15) is 28.8 Å². The number of nitrogens with zero attached hydrogens (tertiary/aromatic N) is 4. The van der Waals surface area contributed by atoms with Crippen LogP contribution in [0.1, 0.15) is 108 Å². The van der Waals surface area contributed by atoms with Crippen LogP contribution in [0.2, 0.25) is 0 Å². The minimum absolute atomic E-state index is 0.0320. The number of likely N-dealkylation sites (N-methyl/N-ethyl adjacent to an activating group) is 3. The highest BCUT2D eigenvalue weighted by Crippen LogP contribution is 2.20. The van der Waals surface area contributed by atoms with E-state index in [0.29, 0.717) is 32.4 Å². The van der Waals surface area contributed by atoms with Crippen LogP contribution in [0.25, 0.3) is 0 Å². The van der Waals surface area contributed by atoms with Crippen LogP contribution in [-0.4, -0.2) is 113 Å². The first-order valence-corrected chi connectivity index (χ1v) is 18.2. The zero-order valence-corrected chi connectivity index (χ0v) is 32.6. The monoisotopic (exact) mass is 691 g/mol. The van der Waals surface area contributed by atoms with Crippen molar-refractivity contribution in [1.29, 1.82) is 0 Å². The van der Waals surface area contributed by atoms with Crippen molar-refractivity contribution in [3.05, 3.63) is 11.8 Å². The van der Waals surface area contributed by atoms with E-state index in [1.165, 1.54) is 35.7 Å². The summed E-state index contributed by atoms with van der Waals surface area (Å²) in [6, 6.07) is -3.50. The number of carbonyl (C=O) groups is 6. The van der Waals surface area contributed by atoms with Crippen molar-refractivity contribution in [3.63, 3.8) is 0 Å². The van der Waals surface area contributed by atoms with Crippen LogP contribution in [0.15, 0.2) is 11.8 Å². The summed E-state index contributed by atoms with van der Waals surface area (Å²) >= 11 is 0. The fourth-order valence-corrected chi connectivity index (χ4v) is 5.88. The lowest BCUT2D eigenvalue weighted by Gasteiger charge is -2.37. The van der Waals surface area contributed by atoms with E-state index in [1.54, 1.807) is 20.0 Å². The maximum absolute atomic E-state index is 14.0. The van der Waals surface area contributed by atoms with E-state index >= 15 is 0 Å². The van der Waals surface area contributed by atoms with Crippen LogP contribution in [0, 0.1) is 23.7 Å². The van der Waals surface area contributed by atoms with E-state index in [4.69, 9.17) is 0 Å². The summed E-state index contributed by atoms with van der Waals surface area (Å²) in [5.41, 5.74) is 0.145. The summed E-state index contributed by atoms with van der Waals surface area (Å²) in [4.78, 5) is 86.9. The molecule has 280 valence electrons. The second-order valence-corrected chi connectivity index (χ2v) is 14.7. The van der Waals surface area contributed by atoms with E-state index in [1.807, 2.05) is 60.3 Å². The summed E-state index contributed by atoms with van der Waals surface area (Å²) in [7, 11) is 4.58. The molecule has 12 heteroatoms. The molecule has 1 heterocycles. The van der Waals surface area contributed by atoms with Gasteiger partial charge in [-0.25, -0.2) is 0 Å². The molecule has 1 rings (SSSR count). The topological polar surface area (TPSA) is 139 Å². The highest BCUT2D eigenvalue weighted by Gasteiger charge is 2.39. The Morgan fingerprint density at radius 2 is 1.27 bits per heavy atom. The van der Waals surface area contributed by atoms with Crippen molar-refractivity contribution >= 4 is 35.4 Å². The predicted molar refractivity (Wildman–Crippen MR) is 193 cm³/mol. The minimum Gasteiger partial charge on any atom is -0.342 e. The molecule has 0 aromatic rings. The molecule has 0 saturated carbocycles. The molecule has 0 bridgehead atoms. The van der Waals surface area contributed by atoms with E-state index in [0.717, 1.165) is 19.3 Å². The molecule has 1 saturated heterocycles. The van der Waals surface area contributed by atoms with Crippen molar-refractivity contribution < 1.29 is 28.8 Å². The third kappa shape index (κ3) is 12.4. The number of carbonyl (C=O) groups excluding carboxylic acids is 6. The van der Waals surface area contributed by atoms with Gasteiger partial charge in [0.05, 0.1) is 0 Å². The molecule has 6 amide bonds. The van der Waals surface area contributed by atoms with Crippen molar-refractivity contribution in [3.8, 4) is 0 Å². The summed E-state index contributed by atoms with van der Waals surface area (Å²) in [5, 5.41) is 5.85. The molecule has 0 unspecified atom stereocenters. The molecule has 0 aromatic heterocycles. The number of hydrogen-bond acceptors (Lipinski definition) is 6. The van der Waals surface area contributed by atoms with E-state index in [-0.39, 0.29) is 41.2 Å². The van der Waals surface area contributed by atoms with Crippen LogP contribution in [0.4, 0.5) is 0 Å². The Labute approximate surface area is 295 Å². The normalized spacial score (nSPS) is 17.4. The fourth-order valence-electron chi connectivity index (χ4n) is 5.88. The Morgan fingerprint density at radius 1 is 0.735 bits per heavy atom. The molecular weight excluding hydrogens is 624 g/mol. The lowest BCUT2D eigenvalue weighted by molar-refractivity contribution is -0.149. The number of rotatable bonds is 17. The van der Waals surface area contributed by atoms with Gasteiger partial charge in [-0.2, -0.15) is 0 Å². The Hall–Kier alpha value is -3.44. The summed E-state index contributed by atoms with van der Waals surface area (Å²) in [6.07, 6.45) is 6.28. The Kier molecular flexibility index (Phi) is 18.0. The number of piperidine rings is 1. The molecule has 1 fully saturated rings. The molecule has 49 heavy (non-hydrogen) atoms. The SMILES string of the molecule is CC[C@H](C)[C@H](NC(=O)[C@H](CC(C)C)N(C)C(=O)[C@H](C)N(C)C(=O)[C@@H](NC(=O)/C(=C\C(C)C)N(C)C(C)=O)[C@@H](C)CC)C(=O)N1CCCCC1. The minimum atomic E-state index is -0.967. The first kappa shape index (κ1) is 43.6. The number of allylic oxidation sites excluding steroid dienone is 1.